The molecule has 0 spiro atoms. The third kappa shape index (κ3) is 4.19. The molecule has 95 valence electrons. The summed E-state index contributed by atoms with van der Waals surface area (Å²) in [6, 6.07) is 3.58. The van der Waals surface area contributed by atoms with Gasteiger partial charge in [0.05, 0.1) is 0 Å². The predicted octanol–water partition coefficient (Wildman–Crippen LogP) is 3.85. The van der Waals surface area contributed by atoms with Gasteiger partial charge in [0.15, 0.2) is 0 Å². The average Bonchev–Trinajstić information content (AvgIpc) is 2.36. The molecule has 0 aromatic rings. The molecule has 1 saturated carbocycles. The van der Waals surface area contributed by atoms with Crippen LogP contribution in [0.1, 0.15) is 51.9 Å². The summed E-state index contributed by atoms with van der Waals surface area (Å²) in [7, 11) is 1.67. The van der Waals surface area contributed by atoms with Crippen molar-refractivity contribution >= 4 is 8.56 Å². The van der Waals surface area contributed by atoms with Gasteiger partial charge in [0.2, 0.25) is 0 Å². The van der Waals surface area contributed by atoms with E-state index in [1.807, 2.05) is 14.2 Å². The van der Waals surface area contributed by atoms with Crippen LogP contribution in [0.15, 0.2) is 0 Å². The molecule has 0 aromatic carbocycles. The van der Waals surface area contributed by atoms with E-state index in [2.05, 4.69) is 13.0 Å². The van der Waals surface area contributed by atoms with E-state index in [9.17, 15) is 0 Å². The third-order valence-corrected chi connectivity index (χ3v) is 7.12. The third-order valence-electron chi connectivity index (χ3n) is 3.71. The van der Waals surface area contributed by atoms with E-state index in [0.29, 0.717) is 0 Å². The molecular formula is C13H27O2Si. The fourth-order valence-corrected chi connectivity index (χ4v) is 5.50. The zero-order chi connectivity index (χ0) is 11.9. The Labute approximate surface area is 102 Å². The molecule has 0 amide bonds. The number of unbranched alkanes of at least 4 members (excludes halogenated alkanes) is 1. The largest absolute Gasteiger partial charge is 0.397 e. The van der Waals surface area contributed by atoms with Crippen LogP contribution < -0.4 is 0 Å². The molecule has 1 fully saturated rings. The lowest BCUT2D eigenvalue weighted by Gasteiger charge is -2.32. The molecule has 0 bridgehead atoms. The van der Waals surface area contributed by atoms with Gasteiger partial charge in [-0.05, 0) is 12.0 Å². The van der Waals surface area contributed by atoms with Gasteiger partial charge in [-0.2, -0.15) is 0 Å². The normalized spacial score (nSPS) is 18.9. The zero-order valence-electron chi connectivity index (χ0n) is 11.1. The summed E-state index contributed by atoms with van der Waals surface area (Å²) in [5, 5.41) is 0. The molecule has 0 aliphatic heterocycles. The fraction of sp³-hybridized carbons (Fsp3) is 0.923. The van der Waals surface area contributed by atoms with Crippen LogP contribution in [0, 0.1) is 12.0 Å². The van der Waals surface area contributed by atoms with Crippen LogP contribution in [-0.2, 0) is 8.85 Å². The molecule has 1 rings (SSSR count). The predicted molar refractivity (Wildman–Crippen MR) is 70.4 cm³/mol. The quantitative estimate of drug-likeness (QED) is 0.632. The zero-order valence-corrected chi connectivity index (χ0v) is 12.1. The van der Waals surface area contributed by atoms with Crippen LogP contribution in [0.5, 0.6) is 0 Å². The molecular weight excluding hydrogens is 216 g/mol. The minimum atomic E-state index is -1.98. The van der Waals surface area contributed by atoms with E-state index in [0.717, 1.165) is 12.0 Å². The van der Waals surface area contributed by atoms with E-state index in [4.69, 9.17) is 8.85 Å². The Bertz CT molecular complexity index is 175. The molecule has 0 N–H and O–H groups in total. The second-order valence-electron chi connectivity index (χ2n) is 4.89. The first kappa shape index (κ1) is 14.2. The van der Waals surface area contributed by atoms with Crippen molar-refractivity contribution in [2.24, 2.45) is 5.92 Å². The topological polar surface area (TPSA) is 18.5 Å². The summed E-state index contributed by atoms with van der Waals surface area (Å²) in [5.41, 5.74) is 0. The van der Waals surface area contributed by atoms with Gasteiger partial charge in [-0.15, -0.1) is 0 Å². The van der Waals surface area contributed by atoms with Crippen molar-refractivity contribution in [2.75, 3.05) is 14.2 Å². The molecule has 0 atom stereocenters. The minimum Gasteiger partial charge on any atom is -0.397 e. The van der Waals surface area contributed by atoms with Gasteiger partial charge in [-0.1, -0.05) is 51.9 Å². The Morgan fingerprint density at radius 3 is 2.25 bits per heavy atom. The highest BCUT2D eigenvalue weighted by atomic mass is 28.4. The maximum absolute atomic E-state index is 5.75. The summed E-state index contributed by atoms with van der Waals surface area (Å²) in [4.78, 5) is 0. The van der Waals surface area contributed by atoms with E-state index in [1.54, 1.807) is 0 Å². The number of hydrogen-bond acceptors (Lipinski definition) is 2. The summed E-state index contributed by atoms with van der Waals surface area (Å²) in [5.74, 6) is 0.747. The van der Waals surface area contributed by atoms with Crippen molar-refractivity contribution in [1.82, 2.24) is 0 Å². The van der Waals surface area contributed by atoms with Crippen LogP contribution in [-0.4, -0.2) is 22.8 Å². The SMILES string of the molecule is CCCC[Si]([CH]C1CCCCC1)(OC)OC. The highest BCUT2D eigenvalue weighted by molar-refractivity contribution is 6.71. The second kappa shape index (κ2) is 7.46. The van der Waals surface area contributed by atoms with Crippen molar-refractivity contribution in [2.45, 2.75) is 57.9 Å². The van der Waals surface area contributed by atoms with Gasteiger partial charge < -0.3 is 8.85 Å². The van der Waals surface area contributed by atoms with Gasteiger partial charge in [0.1, 0.15) is 0 Å². The molecule has 1 radical (unpaired) electrons. The monoisotopic (exact) mass is 243 g/mol. The van der Waals surface area contributed by atoms with Crippen LogP contribution in [0.25, 0.3) is 0 Å². The Morgan fingerprint density at radius 2 is 1.75 bits per heavy atom. The standard InChI is InChI=1S/C13H27O2Si/c1-4-5-11-16(14-2,15-3)12-13-9-7-6-8-10-13/h12-13H,4-11H2,1-3H3. The van der Waals surface area contributed by atoms with Gasteiger partial charge in [0, 0.05) is 20.3 Å². The van der Waals surface area contributed by atoms with E-state index in [-0.39, 0.29) is 0 Å². The summed E-state index contributed by atoms with van der Waals surface area (Å²) in [6.07, 6.45) is 9.30. The molecule has 0 saturated heterocycles. The highest BCUT2D eigenvalue weighted by Crippen LogP contribution is 2.31. The average molecular weight is 243 g/mol. The van der Waals surface area contributed by atoms with Gasteiger partial charge >= 0.3 is 8.56 Å². The van der Waals surface area contributed by atoms with Gasteiger partial charge in [-0.25, -0.2) is 0 Å². The molecule has 2 nitrogen and oxygen atoms in total. The lowest BCUT2D eigenvalue weighted by molar-refractivity contribution is 0.239. The Kier molecular flexibility index (Phi) is 6.62. The summed E-state index contributed by atoms with van der Waals surface area (Å²) < 4.78 is 11.5. The Morgan fingerprint density at radius 1 is 1.12 bits per heavy atom. The van der Waals surface area contributed by atoms with Gasteiger partial charge in [-0.3, -0.25) is 0 Å². The molecule has 0 unspecified atom stereocenters. The smallest absolute Gasteiger partial charge is 0.341 e. The van der Waals surface area contributed by atoms with Crippen molar-refractivity contribution in [3.63, 3.8) is 0 Å². The first-order valence-corrected chi connectivity index (χ1v) is 8.82. The van der Waals surface area contributed by atoms with Crippen LogP contribution in [0.4, 0.5) is 0 Å². The van der Waals surface area contributed by atoms with Crippen LogP contribution in [0.2, 0.25) is 6.04 Å². The first-order chi connectivity index (χ1) is 7.76. The lowest BCUT2D eigenvalue weighted by atomic mass is 9.91. The maximum Gasteiger partial charge on any atom is 0.341 e. The molecule has 1 aliphatic carbocycles. The molecule has 16 heavy (non-hydrogen) atoms. The van der Waals surface area contributed by atoms with E-state index in [1.165, 1.54) is 44.9 Å². The molecule has 3 heteroatoms. The van der Waals surface area contributed by atoms with Crippen molar-refractivity contribution in [3.05, 3.63) is 6.04 Å². The van der Waals surface area contributed by atoms with Gasteiger partial charge in [0.25, 0.3) is 0 Å². The summed E-state index contributed by atoms with van der Waals surface area (Å²) >= 11 is 0. The minimum absolute atomic E-state index is 0.747. The molecule has 0 heterocycles. The Balaban J connectivity index is 2.46. The lowest BCUT2D eigenvalue weighted by Crippen LogP contribution is -2.43. The van der Waals surface area contributed by atoms with Crippen LogP contribution >= 0.6 is 0 Å². The van der Waals surface area contributed by atoms with Crippen LogP contribution in [0.3, 0.4) is 0 Å². The highest BCUT2D eigenvalue weighted by Gasteiger charge is 2.38. The van der Waals surface area contributed by atoms with E-state index >= 15 is 0 Å². The van der Waals surface area contributed by atoms with Crippen molar-refractivity contribution in [3.8, 4) is 0 Å². The summed E-state index contributed by atoms with van der Waals surface area (Å²) in [6.45, 7) is 2.23. The molecule has 0 aromatic heterocycles. The Hall–Kier alpha value is 0.137. The number of hydrogen-bond donors (Lipinski definition) is 0. The fourth-order valence-electron chi connectivity index (χ4n) is 2.59. The van der Waals surface area contributed by atoms with Crippen molar-refractivity contribution in [1.29, 1.82) is 0 Å². The maximum atomic E-state index is 5.75. The van der Waals surface area contributed by atoms with E-state index < -0.39 is 8.56 Å². The first-order valence-electron chi connectivity index (χ1n) is 6.72. The number of rotatable bonds is 7. The molecule has 1 aliphatic rings. The second-order valence-corrected chi connectivity index (χ2v) is 8.16. The van der Waals surface area contributed by atoms with Crippen molar-refractivity contribution < 1.29 is 8.85 Å².